The number of allylic oxidation sites excluding steroid dienone is 1. The second kappa shape index (κ2) is 5.83. The summed E-state index contributed by atoms with van der Waals surface area (Å²) >= 11 is 0. The van der Waals surface area contributed by atoms with Crippen molar-refractivity contribution < 1.29 is 10.2 Å². The van der Waals surface area contributed by atoms with E-state index in [1.807, 2.05) is 6.08 Å². The van der Waals surface area contributed by atoms with Crippen molar-refractivity contribution in [3.63, 3.8) is 0 Å². The lowest BCUT2D eigenvalue weighted by molar-refractivity contribution is 0.0781. The molecule has 0 aromatic carbocycles. The Bertz CT molecular complexity index is 289. The van der Waals surface area contributed by atoms with E-state index in [4.69, 9.17) is 0 Å². The van der Waals surface area contributed by atoms with E-state index in [1.165, 1.54) is 0 Å². The fourth-order valence-corrected chi connectivity index (χ4v) is 2.22. The molecule has 0 saturated heterocycles. The van der Waals surface area contributed by atoms with E-state index in [2.05, 4.69) is 26.5 Å². The highest BCUT2D eigenvalue weighted by Gasteiger charge is 2.23. The van der Waals surface area contributed by atoms with E-state index in [9.17, 15) is 10.2 Å². The van der Waals surface area contributed by atoms with Crippen LogP contribution in [0.3, 0.4) is 0 Å². The first-order valence-corrected chi connectivity index (χ1v) is 6.59. The van der Waals surface area contributed by atoms with Gasteiger partial charge in [0.15, 0.2) is 0 Å². The van der Waals surface area contributed by atoms with Gasteiger partial charge in [0, 0.05) is 0 Å². The van der Waals surface area contributed by atoms with Crippen molar-refractivity contribution in [2.45, 2.75) is 58.2 Å². The molecule has 0 amide bonds. The molecule has 2 nitrogen and oxygen atoms in total. The normalized spacial score (nSPS) is 38.1. The number of rotatable bonds is 1. The van der Waals surface area contributed by atoms with E-state index in [0.717, 1.165) is 18.4 Å². The molecule has 0 fully saturated rings. The second-order valence-corrected chi connectivity index (χ2v) is 5.88. The van der Waals surface area contributed by atoms with Gasteiger partial charge in [-0.2, -0.15) is 0 Å². The molecule has 1 aliphatic carbocycles. The Labute approximate surface area is 105 Å². The average molecular weight is 238 g/mol. The van der Waals surface area contributed by atoms with Gasteiger partial charge < -0.3 is 10.2 Å². The molecule has 0 spiro atoms. The number of aliphatic hydroxyl groups is 2. The molecule has 0 aliphatic heterocycles. The molecule has 2 heteroatoms. The minimum absolute atomic E-state index is 0.448. The second-order valence-electron chi connectivity index (χ2n) is 5.88. The molecule has 0 bridgehead atoms. The van der Waals surface area contributed by atoms with Crippen LogP contribution in [0.25, 0.3) is 0 Å². The quantitative estimate of drug-likeness (QED) is 0.689. The van der Waals surface area contributed by atoms with E-state index < -0.39 is 11.7 Å². The molecule has 0 heterocycles. The van der Waals surface area contributed by atoms with Gasteiger partial charge in [-0.25, -0.2) is 0 Å². The Morgan fingerprint density at radius 3 is 2.65 bits per heavy atom. The topological polar surface area (TPSA) is 40.5 Å². The molecule has 2 N–H and O–H groups in total. The highest BCUT2D eigenvalue weighted by atomic mass is 16.3. The van der Waals surface area contributed by atoms with Crippen molar-refractivity contribution in [1.29, 1.82) is 0 Å². The Morgan fingerprint density at radius 1 is 1.41 bits per heavy atom. The smallest absolute Gasteiger partial charge is 0.0800 e. The number of aliphatic hydroxyl groups excluding tert-OH is 1. The Morgan fingerprint density at radius 2 is 2.06 bits per heavy atom. The third kappa shape index (κ3) is 4.64. The first-order chi connectivity index (χ1) is 7.82. The standard InChI is InChI=1S/C15H26O2/c1-11(2)13-6-5-12(3)14(16)8-10-15(4,17)9-7-13/h7,9,11,13-14,16-17H,3,5-6,8,10H2,1-2,4H3/b9-7+/t13-,14-,15-/m1/s1. The van der Waals surface area contributed by atoms with Gasteiger partial charge in [0.05, 0.1) is 11.7 Å². The van der Waals surface area contributed by atoms with Crippen LogP contribution in [0.1, 0.15) is 46.5 Å². The van der Waals surface area contributed by atoms with Crippen molar-refractivity contribution in [2.75, 3.05) is 0 Å². The number of hydrogen-bond donors (Lipinski definition) is 2. The third-order valence-corrected chi connectivity index (χ3v) is 3.75. The van der Waals surface area contributed by atoms with Gasteiger partial charge in [-0.05, 0) is 50.0 Å². The van der Waals surface area contributed by atoms with Crippen molar-refractivity contribution >= 4 is 0 Å². The van der Waals surface area contributed by atoms with Crippen LogP contribution in [0.15, 0.2) is 24.3 Å². The molecule has 17 heavy (non-hydrogen) atoms. The van der Waals surface area contributed by atoms with Gasteiger partial charge in [0.2, 0.25) is 0 Å². The molecule has 0 aromatic heterocycles. The van der Waals surface area contributed by atoms with E-state index in [1.54, 1.807) is 6.92 Å². The van der Waals surface area contributed by atoms with Crippen molar-refractivity contribution in [1.82, 2.24) is 0 Å². The summed E-state index contributed by atoms with van der Waals surface area (Å²) < 4.78 is 0. The van der Waals surface area contributed by atoms with Crippen molar-refractivity contribution in [2.24, 2.45) is 11.8 Å². The molecule has 0 unspecified atom stereocenters. The zero-order valence-corrected chi connectivity index (χ0v) is 11.3. The maximum Gasteiger partial charge on any atom is 0.0800 e. The summed E-state index contributed by atoms with van der Waals surface area (Å²) in [6.45, 7) is 10.1. The predicted molar refractivity (Wildman–Crippen MR) is 71.7 cm³/mol. The monoisotopic (exact) mass is 238 g/mol. The summed E-state index contributed by atoms with van der Waals surface area (Å²) in [6, 6.07) is 0. The molecule has 98 valence electrons. The summed E-state index contributed by atoms with van der Waals surface area (Å²) in [7, 11) is 0. The fraction of sp³-hybridized carbons (Fsp3) is 0.733. The first kappa shape index (κ1) is 14.5. The van der Waals surface area contributed by atoms with Gasteiger partial charge in [0.25, 0.3) is 0 Å². The Kier molecular flexibility index (Phi) is 4.96. The van der Waals surface area contributed by atoms with Gasteiger partial charge >= 0.3 is 0 Å². The van der Waals surface area contributed by atoms with E-state index in [-0.39, 0.29) is 0 Å². The molecular weight excluding hydrogens is 212 g/mol. The molecule has 3 atom stereocenters. The zero-order chi connectivity index (χ0) is 13.1. The maximum absolute atomic E-state index is 10.2. The van der Waals surface area contributed by atoms with Gasteiger partial charge in [-0.1, -0.05) is 32.6 Å². The van der Waals surface area contributed by atoms with E-state index in [0.29, 0.717) is 24.7 Å². The van der Waals surface area contributed by atoms with Crippen LogP contribution in [-0.4, -0.2) is 21.9 Å². The van der Waals surface area contributed by atoms with Crippen LogP contribution in [0.5, 0.6) is 0 Å². The minimum atomic E-state index is -0.814. The minimum Gasteiger partial charge on any atom is -0.389 e. The van der Waals surface area contributed by atoms with Gasteiger partial charge in [-0.15, -0.1) is 0 Å². The highest BCUT2D eigenvalue weighted by molar-refractivity contribution is 5.08. The summed E-state index contributed by atoms with van der Waals surface area (Å²) in [6.07, 6.45) is 6.60. The van der Waals surface area contributed by atoms with Crippen LogP contribution >= 0.6 is 0 Å². The lowest BCUT2D eigenvalue weighted by Gasteiger charge is -2.26. The van der Waals surface area contributed by atoms with E-state index >= 15 is 0 Å². The summed E-state index contributed by atoms with van der Waals surface area (Å²) in [5, 5.41) is 20.1. The molecular formula is C15H26O2. The summed E-state index contributed by atoms with van der Waals surface area (Å²) in [4.78, 5) is 0. The van der Waals surface area contributed by atoms with Crippen molar-refractivity contribution in [3.05, 3.63) is 24.3 Å². The lowest BCUT2D eigenvalue weighted by Crippen LogP contribution is -2.25. The molecule has 0 aromatic rings. The summed E-state index contributed by atoms with van der Waals surface area (Å²) in [5.41, 5.74) is 0.0906. The average Bonchev–Trinajstić information content (AvgIpc) is 2.24. The molecule has 0 saturated carbocycles. The molecule has 1 aliphatic rings. The highest BCUT2D eigenvalue weighted by Crippen LogP contribution is 2.27. The zero-order valence-electron chi connectivity index (χ0n) is 11.3. The van der Waals surface area contributed by atoms with Crippen LogP contribution in [0.4, 0.5) is 0 Å². The van der Waals surface area contributed by atoms with Crippen molar-refractivity contribution in [3.8, 4) is 0 Å². The molecule has 1 rings (SSSR count). The SMILES string of the molecule is C=C1CC[C@@H](C(C)C)/C=C/[C@@](C)(O)CC[C@H]1O. The molecule has 0 radical (unpaired) electrons. The maximum atomic E-state index is 10.2. The Balaban J connectivity index is 2.83. The third-order valence-electron chi connectivity index (χ3n) is 3.75. The predicted octanol–water partition coefficient (Wildman–Crippen LogP) is 3.06. The van der Waals surface area contributed by atoms with Gasteiger partial charge in [-0.3, -0.25) is 0 Å². The van der Waals surface area contributed by atoms with Crippen LogP contribution in [-0.2, 0) is 0 Å². The van der Waals surface area contributed by atoms with Crippen LogP contribution < -0.4 is 0 Å². The fourth-order valence-electron chi connectivity index (χ4n) is 2.22. The largest absolute Gasteiger partial charge is 0.389 e. The number of hydrogen-bond acceptors (Lipinski definition) is 2. The summed E-state index contributed by atoms with van der Waals surface area (Å²) in [5.74, 6) is 0.995. The Hall–Kier alpha value is -0.600. The van der Waals surface area contributed by atoms with Gasteiger partial charge in [0.1, 0.15) is 0 Å². The first-order valence-electron chi connectivity index (χ1n) is 6.59. The van der Waals surface area contributed by atoms with Crippen LogP contribution in [0, 0.1) is 11.8 Å². The lowest BCUT2D eigenvalue weighted by atomic mass is 9.84. The van der Waals surface area contributed by atoms with Crippen LogP contribution in [0.2, 0.25) is 0 Å².